The fraction of sp³-hybridized carbons (Fsp3) is 0.574. The molecule has 2 aromatic carbocycles. The molecular formula is C47H71N4O9S+. The van der Waals surface area contributed by atoms with E-state index < -0.39 is 28.1 Å². The van der Waals surface area contributed by atoms with Crippen molar-refractivity contribution in [1.29, 1.82) is 0 Å². The molecule has 1 unspecified atom stereocenters. The molecule has 3 aromatic rings. The Bertz CT molecular complexity index is 1870. The lowest BCUT2D eigenvalue weighted by Crippen LogP contribution is -2.44. The molecule has 3 rings (SSSR count). The summed E-state index contributed by atoms with van der Waals surface area (Å²) in [5.74, 6) is -0.108. The van der Waals surface area contributed by atoms with Gasteiger partial charge in [0.05, 0.1) is 33.0 Å². The fourth-order valence-electron chi connectivity index (χ4n) is 7.26. The molecule has 1 heterocycles. The van der Waals surface area contributed by atoms with Gasteiger partial charge >= 0.3 is 12.2 Å². The number of rotatable bonds is 30. The van der Waals surface area contributed by atoms with E-state index in [-0.39, 0.29) is 55.0 Å². The maximum Gasteiger partial charge on any atom is 0.417 e. The number of alkyl carbamates (subject to hydrolysis) is 1. The minimum Gasteiger partial charge on any atom is -0.496 e. The lowest BCUT2D eigenvalue weighted by atomic mass is 10.0. The number of aromatic nitrogens is 1. The molecule has 0 aliphatic heterocycles. The van der Waals surface area contributed by atoms with Crippen LogP contribution in [0.4, 0.5) is 9.59 Å². The molecule has 0 saturated carbocycles. The van der Waals surface area contributed by atoms with Gasteiger partial charge in [0.15, 0.2) is 6.20 Å². The molecule has 338 valence electrons. The number of benzene rings is 2. The van der Waals surface area contributed by atoms with Gasteiger partial charge in [-0.05, 0) is 38.0 Å². The molecule has 1 atom stereocenters. The Morgan fingerprint density at radius 2 is 1.36 bits per heavy atom. The summed E-state index contributed by atoms with van der Waals surface area (Å²) in [6.45, 7) is 6.61. The first-order chi connectivity index (χ1) is 29.6. The van der Waals surface area contributed by atoms with Gasteiger partial charge in [0.2, 0.25) is 15.7 Å². The summed E-state index contributed by atoms with van der Waals surface area (Å²) in [5.41, 5.74) is 1.40. The van der Waals surface area contributed by atoms with Crippen molar-refractivity contribution in [2.45, 2.75) is 154 Å². The van der Waals surface area contributed by atoms with Crippen molar-refractivity contribution in [2.75, 3.05) is 27.4 Å². The predicted octanol–water partition coefficient (Wildman–Crippen LogP) is 9.64. The van der Waals surface area contributed by atoms with Crippen molar-refractivity contribution in [2.24, 2.45) is 0 Å². The normalized spacial score (nSPS) is 11.8. The third-order valence-corrected chi connectivity index (χ3v) is 12.1. The lowest BCUT2D eigenvalue weighted by Gasteiger charge is -2.21. The number of para-hydroxylation sites is 2. The Kier molecular flexibility index (Phi) is 23.9. The monoisotopic (exact) mass is 867 g/mol. The summed E-state index contributed by atoms with van der Waals surface area (Å²) in [7, 11) is -1.07. The fourth-order valence-corrected chi connectivity index (χ4v) is 8.78. The first-order valence-corrected chi connectivity index (χ1v) is 23.8. The number of hydrogen-bond acceptors (Lipinski definition) is 9. The number of imide groups is 1. The molecule has 0 radical (unpaired) electrons. The first kappa shape index (κ1) is 50.7. The van der Waals surface area contributed by atoms with Crippen LogP contribution in [0.5, 0.6) is 11.5 Å². The Morgan fingerprint density at radius 3 is 2.02 bits per heavy atom. The minimum absolute atomic E-state index is 0.00953. The molecule has 0 saturated heterocycles. The van der Waals surface area contributed by atoms with E-state index in [2.05, 4.69) is 23.9 Å². The second-order valence-corrected chi connectivity index (χ2v) is 16.9. The van der Waals surface area contributed by atoms with E-state index in [4.69, 9.17) is 18.9 Å². The first-order valence-electron chi connectivity index (χ1n) is 22.3. The Labute approximate surface area is 364 Å². The van der Waals surface area contributed by atoms with Gasteiger partial charge in [-0.15, -0.1) is 0 Å². The number of sulfonamides is 1. The Morgan fingerprint density at radius 1 is 0.705 bits per heavy atom. The molecule has 0 bridgehead atoms. The van der Waals surface area contributed by atoms with E-state index in [0.29, 0.717) is 17.9 Å². The van der Waals surface area contributed by atoms with Gasteiger partial charge in [-0.3, -0.25) is 4.79 Å². The molecule has 0 fully saturated rings. The summed E-state index contributed by atoms with van der Waals surface area (Å²) in [6, 6.07) is 16.8. The molecule has 0 spiro atoms. The average molecular weight is 868 g/mol. The average Bonchev–Trinajstić information content (AvgIpc) is 3.27. The molecule has 0 aliphatic carbocycles. The number of nitrogens with zero attached hydrogens (tertiary/aromatic N) is 2. The molecule has 2 N–H and O–H groups in total. The molecule has 1 aromatic heterocycles. The van der Waals surface area contributed by atoms with Gasteiger partial charge in [-0.25, -0.2) is 32.2 Å². The van der Waals surface area contributed by atoms with Crippen molar-refractivity contribution in [3.8, 4) is 11.5 Å². The highest BCUT2D eigenvalue weighted by Gasteiger charge is 2.30. The van der Waals surface area contributed by atoms with Crippen LogP contribution in [0.25, 0.3) is 0 Å². The van der Waals surface area contributed by atoms with Gasteiger partial charge in [0, 0.05) is 36.7 Å². The largest absolute Gasteiger partial charge is 0.496 e. The van der Waals surface area contributed by atoms with Crippen LogP contribution in [0.15, 0.2) is 71.8 Å². The summed E-state index contributed by atoms with van der Waals surface area (Å²) in [4.78, 5) is 40.7. The second kappa shape index (κ2) is 28.8. The van der Waals surface area contributed by atoms with Crippen molar-refractivity contribution >= 4 is 28.1 Å². The number of aryl methyl sites for hydroxylation is 1. The maximum atomic E-state index is 13.7. The molecule has 14 heteroatoms. The van der Waals surface area contributed by atoms with Crippen molar-refractivity contribution in [3.05, 3.63) is 83.7 Å². The lowest BCUT2D eigenvalue weighted by molar-refractivity contribution is -0.701. The van der Waals surface area contributed by atoms with Crippen molar-refractivity contribution in [1.82, 2.24) is 14.9 Å². The smallest absolute Gasteiger partial charge is 0.417 e. The van der Waals surface area contributed by atoms with E-state index in [1.165, 1.54) is 84.5 Å². The highest BCUT2D eigenvalue weighted by molar-refractivity contribution is 7.89. The van der Waals surface area contributed by atoms with Gasteiger partial charge in [-0.1, -0.05) is 128 Å². The zero-order chi connectivity index (χ0) is 44.3. The van der Waals surface area contributed by atoms with Crippen LogP contribution in [0.2, 0.25) is 0 Å². The maximum absolute atomic E-state index is 13.7. The number of carbonyl (C=O) groups is 3. The van der Waals surface area contributed by atoms with Crippen LogP contribution in [-0.2, 0) is 39.1 Å². The molecule has 0 aliphatic rings. The van der Waals surface area contributed by atoms with E-state index in [0.717, 1.165) is 42.7 Å². The minimum atomic E-state index is -3.92. The van der Waals surface area contributed by atoms with Gasteiger partial charge in [0.1, 0.15) is 29.5 Å². The summed E-state index contributed by atoms with van der Waals surface area (Å²) >= 11 is 0. The zero-order valence-corrected chi connectivity index (χ0v) is 38.1. The van der Waals surface area contributed by atoms with E-state index in [1.807, 2.05) is 35.9 Å². The topological polar surface area (TPSA) is 153 Å². The highest BCUT2D eigenvalue weighted by Crippen LogP contribution is 2.29. The van der Waals surface area contributed by atoms with Crippen LogP contribution in [-0.4, -0.2) is 64.9 Å². The van der Waals surface area contributed by atoms with Crippen LogP contribution in [0, 0.1) is 0 Å². The van der Waals surface area contributed by atoms with Crippen molar-refractivity contribution in [3.63, 3.8) is 0 Å². The molecule has 61 heavy (non-hydrogen) atoms. The van der Waals surface area contributed by atoms with E-state index >= 15 is 0 Å². The van der Waals surface area contributed by atoms with Crippen LogP contribution < -0.4 is 24.1 Å². The third-order valence-electron chi connectivity index (χ3n) is 10.6. The second-order valence-electron chi connectivity index (χ2n) is 15.3. The van der Waals surface area contributed by atoms with Crippen LogP contribution in [0.3, 0.4) is 0 Å². The Balaban J connectivity index is 1.48. The zero-order valence-electron chi connectivity index (χ0n) is 37.3. The van der Waals surface area contributed by atoms with E-state index in [9.17, 15) is 22.8 Å². The predicted molar refractivity (Wildman–Crippen MR) is 237 cm³/mol. The SMILES string of the molecule is CCCCCCCCCCCCCCC(CCC)NS(=O)(=O)c1cccc(CNC(=O)OCCCOC(=O)N(Cc2cccc[n+]2CC)C(=O)c2ccccc2OC)c1OC. The standard InChI is InChI=1S/C47H70N4O9S/c1-6-9-10-11-12-13-14-15-16-17-18-19-28-39(26-7-2)49-61(55,56)43-32-24-27-38(44(43)58-5)36-48-46(53)59-34-25-35-60-47(54)51(37-40-29-22-23-33-50(40)8-3)45(52)41-30-20-21-31-42(41)57-4/h20-24,27,29-33,39,49H,6-19,25-26,28,34-37H2,1-5H3/p+1. The van der Waals surface area contributed by atoms with E-state index in [1.54, 1.807) is 36.4 Å². The third kappa shape index (κ3) is 17.7. The number of nitrogens with one attached hydrogen (secondary N) is 2. The summed E-state index contributed by atoms with van der Waals surface area (Å²) in [5, 5.41) is 2.65. The molecule has 3 amide bonds. The van der Waals surface area contributed by atoms with Crippen LogP contribution >= 0.6 is 0 Å². The quantitative estimate of drug-likeness (QED) is 0.0493. The van der Waals surface area contributed by atoms with Gasteiger partial charge in [-0.2, -0.15) is 0 Å². The number of ether oxygens (including phenoxy) is 4. The summed E-state index contributed by atoms with van der Waals surface area (Å²) < 4.78 is 54.0. The number of pyridine rings is 1. The number of amides is 3. The van der Waals surface area contributed by atoms with Crippen LogP contribution in [0.1, 0.15) is 145 Å². The van der Waals surface area contributed by atoms with Gasteiger partial charge < -0.3 is 24.3 Å². The number of methoxy groups -OCH3 is 2. The van der Waals surface area contributed by atoms with Gasteiger partial charge in [0.25, 0.3) is 5.91 Å². The molecular weight excluding hydrogens is 797 g/mol. The number of unbranched alkanes of at least 4 members (excludes halogenated alkanes) is 11. The Hall–Kier alpha value is -4.69. The number of hydrogen-bond donors (Lipinski definition) is 2. The number of carbonyl (C=O) groups excluding carboxylic acids is 3. The highest BCUT2D eigenvalue weighted by atomic mass is 32.2. The summed E-state index contributed by atoms with van der Waals surface area (Å²) in [6.07, 6.45) is 17.8. The van der Waals surface area contributed by atoms with Crippen molar-refractivity contribution < 1.29 is 46.3 Å². The molecule has 13 nitrogen and oxygen atoms in total.